The van der Waals surface area contributed by atoms with E-state index >= 15 is 0 Å². The van der Waals surface area contributed by atoms with E-state index in [0.29, 0.717) is 0 Å². The summed E-state index contributed by atoms with van der Waals surface area (Å²) in [7, 11) is 0. The average molecular weight is 380 g/mol. The third-order valence-corrected chi connectivity index (χ3v) is 21.7. The van der Waals surface area contributed by atoms with Gasteiger partial charge in [0, 0.05) is 0 Å². The van der Waals surface area contributed by atoms with E-state index in [1.807, 2.05) is 0 Å². The summed E-state index contributed by atoms with van der Waals surface area (Å²) in [5.41, 5.74) is 5.91. The molecule has 2 atom stereocenters. The Kier molecular flexibility index (Phi) is 3.27. The molecular weight excluding hydrogens is 355 g/mol. The van der Waals surface area contributed by atoms with Crippen LogP contribution in [0.15, 0.2) is 60.7 Å². The molecule has 2 aromatic carbocycles. The molecule has 1 heteroatoms. The third-order valence-electron chi connectivity index (χ3n) is 6.83. The number of hydrogen-bond acceptors (Lipinski definition) is 0. The summed E-state index contributed by atoms with van der Waals surface area (Å²) >= 11 is -2.69. The van der Waals surface area contributed by atoms with Crippen molar-refractivity contribution in [2.75, 3.05) is 0 Å². The van der Waals surface area contributed by atoms with Crippen LogP contribution in [0.4, 0.5) is 0 Å². The molecule has 116 valence electrons. The van der Waals surface area contributed by atoms with Gasteiger partial charge in [-0.25, -0.2) is 0 Å². The Balaban J connectivity index is 1.90. The van der Waals surface area contributed by atoms with Crippen molar-refractivity contribution < 1.29 is 20.3 Å². The van der Waals surface area contributed by atoms with Crippen LogP contribution in [0.25, 0.3) is 12.2 Å². The van der Waals surface area contributed by atoms with Crippen LogP contribution in [0.3, 0.4) is 0 Å². The summed E-state index contributed by atoms with van der Waals surface area (Å²) in [6.45, 7) is 4.98. The molecule has 0 nitrogen and oxygen atoms in total. The van der Waals surface area contributed by atoms with Gasteiger partial charge >= 0.3 is 145 Å². The van der Waals surface area contributed by atoms with Gasteiger partial charge in [0.25, 0.3) is 0 Å². The first-order valence-corrected chi connectivity index (χ1v) is 15.9. The Morgan fingerprint density at radius 1 is 0.652 bits per heavy atom. The van der Waals surface area contributed by atoms with Crippen LogP contribution in [0, 0.1) is 0 Å². The first-order chi connectivity index (χ1) is 10.9. The van der Waals surface area contributed by atoms with Gasteiger partial charge in [0.2, 0.25) is 0 Å². The molecule has 2 aliphatic carbocycles. The zero-order valence-electron chi connectivity index (χ0n) is 14.4. The minimum absolute atomic E-state index is 0.224. The maximum absolute atomic E-state index is 2.69. The molecule has 0 aliphatic heterocycles. The molecule has 23 heavy (non-hydrogen) atoms. The van der Waals surface area contributed by atoms with E-state index in [0.717, 1.165) is 0 Å². The van der Waals surface area contributed by atoms with E-state index in [9.17, 15) is 0 Å². The van der Waals surface area contributed by atoms with Crippen LogP contribution in [-0.4, -0.2) is 0 Å². The number of fused-ring (bicyclic) bond motifs is 2. The van der Waals surface area contributed by atoms with Crippen molar-refractivity contribution in [1.82, 2.24) is 0 Å². The van der Waals surface area contributed by atoms with Crippen molar-refractivity contribution in [3.8, 4) is 0 Å². The molecule has 0 aromatic heterocycles. The first kappa shape index (κ1) is 15.3. The van der Waals surface area contributed by atoms with Gasteiger partial charge in [0.15, 0.2) is 0 Å². The summed E-state index contributed by atoms with van der Waals surface area (Å²) in [5, 5.41) is 0. The molecule has 2 aliphatic rings. The molecule has 0 radical (unpaired) electrons. The quantitative estimate of drug-likeness (QED) is 0.589. The third kappa shape index (κ3) is 1.86. The molecule has 0 amide bonds. The number of rotatable bonds is 2. The second-order valence-corrected chi connectivity index (χ2v) is 21.0. The molecule has 0 bridgehead atoms. The van der Waals surface area contributed by atoms with Gasteiger partial charge in [-0.2, -0.15) is 0 Å². The SMILES string of the molecule is C[C]1([Zr]([CH3])([CH3])[C]2(C)C=Cc3ccccc32)C=Cc2ccccc21. The minimum atomic E-state index is -2.69. The molecule has 0 saturated carbocycles. The van der Waals surface area contributed by atoms with E-state index in [2.05, 4.69) is 95.9 Å². The van der Waals surface area contributed by atoms with Crippen LogP contribution in [0.2, 0.25) is 9.26 Å². The zero-order valence-corrected chi connectivity index (χ0v) is 16.9. The molecule has 0 saturated heterocycles. The van der Waals surface area contributed by atoms with Crippen LogP contribution in [-0.2, 0) is 26.5 Å². The van der Waals surface area contributed by atoms with Crippen molar-refractivity contribution in [3.05, 3.63) is 82.9 Å². The van der Waals surface area contributed by atoms with Gasteiger partial charge in [-0.15, -0.1) is 0 Å². The van der Waals surface area contributed by atoms with Crippen molar-refractivity contribution in [1.29, 1.82) is 0 Å². The van der Waals surface area contributed by atoms with E-state index in [4.69, 9.17) is 0 Å². The Morgan fingerprint density at radius 2 is 1.04 bits per heavy atom. The van der Waals surface area contributed by atoms with Crippen molar-refractivity contribution in [2.24, 2.45) is 0 Å². The molecule has 4 rings (SSSR count). The van der Waals surface area contributed by atoms with Crippen LogP contribution in [0.5, 0.6) is 0 Å². The predicted octanol–water partition coefficient (Wildman–Crippen LogP) is 6.12. The Hall–Kier alpha value is -1.20. The molecule has 0 heterocycles. The average Bonchev–Trinajstić information content (AvgIpc) is 3.09. The number of hydrogen-bond donors (Lipinski definition) is 0. The van der Waals surface area contributed by atoms with Crippen molar-refractivity contribution >= 4 is 12.2 Å². The Labute approximate surface area is 144 Å². The van der Waals surface area contributed by atoms with Crippen molar-refractivity contribution in [2.45, 2.75) is 29.4 Å². The van der Waals surface area contributed by atoms with Crippen LogP contribution in [0.1, 0.15) is 36.1 Å². The predicted molar refractivity (Wildman–Crippen MR) is 97.4 cm³/mol. The zero-order chi connectivity index (χ0) is 16.3. The normalized spacial score (nSPS) is 28.0. The summed E-state index contributed by atoms with van der Waals surface area (Å²) < 4.78 is 5.71. The van der Waals surface area contributed by atoms with Crippen LogP contribution < -0.4 is 0 Å². The summed E-state index contributed by atoms with van der Waals surface area (Å²) in [5.74, 6) is 0. The standard InChI is InChI=1S/2C10H9.2CH3.Zr/c2*1-8-6-7-9-4-2-3-5-10(8)9;;;/h2*2-7H,1H3;2*1H3;. The van der Waals surface area contributed by atoms with Gasteiger partial charge in [0.05, 0.1) is 0 Å². The number of allylic oxidation sites excluding steroid dienone is 2. The molecule has 0 spiro atoms. The Morgan fingerprint density at radius 3 is 1.48 bits per heavy atom. The fourth-order valence-electron chi connectivity index (χ4n) is 4.55. The molecule has 2 aromatic rings. The fraction of sp³-hybridized carbons (Fsp3) is 0.273. The second-order valence-electron chi connectivity index (χ2n) is 7.87. The summed E-state index contributed by atoms with van der Waals surface area (Å²) in [6, 6.07) is 17.9. The van der Waals surface area contributed by atoms with Gasteiger partial charge in [0.1, 0.15) is 0 Å². The van der Waals surface area contributed by atoms with Gasteiger partial charge in [-0.1, -0.05) is 0 Å². The molecular formula is C22H24Zr. The topological polar surface area (TPSA) is 0 Å². The number of benzene rings is 2. The van der Waals surface area contributed by atoms with E-state index < -0.39 is 20.3 Å². The molecule has 0 N–H and O–H groups in total. The molecule has 0 fully saturated rings. The Bertz CT molecular complexity index is 773. The van der Waals surface area contributed by atoms with Gasteiger partial charge < -0.3 is 0 Å². The monoisotopic (exact) mass is 378 g/mol. The molecule has 2 unspecified atom stereocenters. The van der Waals surface area contributed by atoms with E-state index in [-0.39, 0.29) is 6.25 Å². The van der Waals surface area contributed by atoms with Gasteiger partial charge in [-0.05, 0) is 0 Å². The fourth-order valence-corrected chi connectivity index (χ4v) is 14.1. The maximum atomic E-state index is 2.63. The van der Waals surface area contributed by atoms with Crippen molar-refractivity contribution in [3.63, 3.8) is 0 Å². The van der Waals surface area contributed by atoms with E-state index in [1.54, 1.807) is 11.1 Å². The second kappa shape index (κ2) is 4.90. The van der Waals surface area contributed by atoms with Gasteiger partial charge in [-0.3, -0.25) is 0 Å². The summed E-state index contributed by atoms with van der Waals surface area (Å²) in [4.78, 5) is 0. The first-order valence-electron chi connectivity index (χ1n) is 8.48. The van der Waals surface area contributed by atoms with Crippen LogP contribution >= 0.6 is 0 Å². The summed E-state index contributed by atoms with van der Waals surface area (Å²) in [6.07, 6.45) is 9.71. The van der Waals surface area contributed by atoms with E-state index in [1.165, 1.54) is 11.1 Å².